The average Bonchev–Trinajstić information content (AvgIpc) is 4.08. The molecule has 2 aromatic rings. The maximum Gasteiger partial charge on any atom is 0.209 e. The number of allylic oxidation sites excluding steroid dienone is 6. The summed E-state index contributed by atoms with van der Waals surface area (Å²) in [5.41, 5.74) is 6.54. The first-order valence-corrected chi connectivity index (χ1v) is 28.6. The fourth-order valence-corrected chi connectivity index (χ4v) is 9.22. The van der Waals surface area contributed by atoms with Gasteiger partial charge in [-0.3, -0.25) is 0 Å². The van der Waals surface area contributed by atoms with Crippen molar-refractivity contribution in [1.82, 2.24) is 0 Å². The van der Waals surface area contributed by atoms with Gasteiger partial charge >= 0.3 is 0 Å². The highest BCUT2D eigenvalue weighted by Crippen LogP contribution is 2.50. The fraction of sp³-hybridized carbons (Fsp3) is 0.689. The summed E-state index contributed by atoms with van der Waals surface area (Å²) in [5, 5.41) is 0. The van der Waals surface area contributed by atoms with Gasteiger partial charge in [0.15, 0.2) is 12.3 Å². The molecule has 2 aromatic carbocycles. The van der Waals surface area contributed by atoms with Gasteiger partial charge in [0.2, 0.25) is 5.69 Å². The molecule has 0 N–H and O–H groups in total. The topological polar surface area (TPSA) is 154 Å². The molecule has 0 bridgehead atoms. The van der Waals surface area contributed by atoms with E-state index in [0.29, 0.717) is 198 Å². The normalized spacial score (nSPS) is 17.7. The van der Waals surface area contributed by atoms with Crippen LogP contribution in [-0.2, 0) is 86.6 Å². The van der Waals surface area contributed by atoms with Crippen LogP contribution >= 0.6 is 0 Å². The quantitative estimate of drug-likeness (QED) is 0.0374. The third-order valence-electron chi connectivity index (χ3n) is 13.4. The Balaban J connectivity index is 1.49. The van der Waals surface area contributed by atoms with Crippen molar-refractivity contribution >= 4 is 17.1 Å². The maximum absolute atomic E-state index is 6.22. The molecule has 448 valence electrons. The van der Waals surface area contributed by atoms with E-state index in [1.54, 1.807) is 21.3 Å². The fourth-order valence-electron chi connectivity index (χ4n) is 9.22. The van der Waals surface area contributed by atoms with Crippen LogP contribution in [0.25, 0.3) is 0 Å². The molecule has 0 fully saturated rings. The minimum absolute atomic E-state index is 0.338. The second-order valence-corrected chi connectivity index (χ2v) is 19.1. The maximum atomic E-state index is 6.22. The summed E-state index contributed by atoms with van der Waals surface area (Å²) in [6.07, 6.45) is 13.5. The molecule has 18 nitrogen and oxygen atoms in total. The highest BCUT2D eigenvalue weighted by Gasteiger charge is 2.47. The van der Waals surface area contributed by atoms with Gasteiger partial charge in [-0.05, 0) is 50.8 Å². The van der Waals surface area contributed by atoms with Crippen molar-refractivity contribution in [2.75, 3.05) is 231 Å². The molecule has 0 radical (unpaired) electrons. The number of para-hydroxylation sites is 2. The molecule has 0 spiro atoms. The highest BCUT2D eigenvalue weighted by molar-refractivity contribution is 6.03. The number of anilines is 1. The Morgan fingerprint density at radius 1 is 0.405 bits per heavy atom. The molecule has 2 aliphatic heterocycles. The summed E-state index contributed by atoms with van der Waals surface area (Å²) in [4.78, 5) is 2.40. The summed E-state index contributed by atoms with van der Waals surface area (Å²) in [7, 11) is 4.99. The van der Waals surface area contributed by atoms with Gasteiger partial charge in [0.1, 0.15) is 6.61 Å². The minimum Gasteiger partial charge on any atom is -0.382 e. The lowest BCUT2D eigenvalue weighted by molar-refractivity contribution is -0.442. The van der Waals surface area contributed by atoms with Crippen LogP contribution in [0.1, 0.15) is 51.2 Å². The van der Waals surface area contributed by atoms with Crippen LogP contribution in [0.3, 0.4) is 0 Å². The number of ether oxygens (including phenoxy) is 16. The summed E-state index contributed by atoms with van der Waals surface area (Å²) < 4.78 is 93.1. The van der Waals surface area contributed by atoms with E-state index in [-0.39, 0.29) is 10.8 Å². The molecular weight excluding hydrogens is 1020 g/mol. The van der Waals surface area contributed by atoms with E-state index in [0.717, 1.165) is 25.9 Å². The van der Waals surface area contributed by atoms with Gasteiger partial charge in [-0.25, -0.2) is 0 Å². The van der Waals surface area contributed by atoms with E-state index in [4.69, 9.17) is 75.8 Å². The van der Waals surface area contributed by atoms with Gasteiger partial charge < -0.3 is 80.7 Å². The Hall–Kier alpha value is -3.51. The zero-order chi connectivity index (χ0) is 56.2. The van der Waals surface area contributed by atoms with Gasteiger partial charge in [-0.1, -0.05) is 61.5 Å². The average molecular weight is 1120 g/mol. The summed E-state index contributed by atoms with van der Waals surface area (Å²) in [6, 6.07) is 17.3. The van der Waals surface area contributed by atoms with Gasteiger partial charge in [0, 0.05) is 82.2 Å². The molecule has 18 heteroatoms. The first-order chi connectivity index (χ1) is 39.0. The van der Waals surface area contributed by atoms with Gasteiger partial charge in [0.05, 0.1) is 171 Å². The SMILES string of the molecule is CCCOCCOCCOCCOCCN1/C(=C/C=C/C=C/C2=[N+](CCOCCOCCOCCOC)c3ccccc3C2(C)CCOCCOCCOCCOC)C(C)(CCOCCOCCOCCOC)c2ccccc21. The second kappa shape index (κ2) is 44.1. The summed E-state index contributed by atoms with van der Waals surface area (Å²) >= 11 is 0. The van der Waals surface area contributed by atoms with Gasteiger partial charge in [-0.15, -0.1) is 0 Å². The van der Waals surface area contributed by atoms with E-state index < -0.39 is 0 Å². The summed E-state index contributed by atoms with van der Waals surface area (Å²) in [5.74, 6) is 0. The summed E-state index contributed by atoms with van der Waals surface area (Å²) in [6.45, 7) is 23.6. The molecule has 79 heavy (non-hydrogen) atoms. The van der Waals surface area contributed by atoms with Gasteiger partial charge in [0.25, 0.3) is 0 Å². The molecule has 2 aliphatic rings. The van der Waals surface area contributed by atoms with Crippen LogP contribution in [0.2, 0.25) is 0 Å². The zero-order valence-electron chi connectivity index (χ0n) is 49.0. The molecule has 2 heterocycles. The Morgan fingerprint density at radius 3 is 1.28 bits per heavy atom. The first-order valence-electron chi connectivity index (χ1n) is 28.6. The Labute approximate surface area is 473 Å². The van der Waals surface area contributed by atoms with Crippen LogP contribution in [0.15, 0.2) is 84.6 Å². The third-order valence-corrected chi connectivity index (χ3v) is 13.4. The van der Waals surface area contributed by atoms with Crippen molar-refractivity contribution in [3.8, 4) is 0 Å². The predicted molar refractivity (Wildman–Crippen MR) is 307 cm³/mol. The molecule has 0 aliphatic carbocycles. The zero-order valence-corrected chi connectivity index (χ0v) is 49.0. The monoisotopic (exact) mass is 1120 g/mol. The molecule has 0 amide bonds. The van der Waals surface area contributed by atoms with E-state index >= 15 is 0 Å². The lowest BCUT2D eigenvalue weighted by Gasteiger charge is -2.30. The minimum atomic E-state index is -0.339. The molecule has 4 rings (SSSR count). The largest absolute Gasteiger partial charge is 0.382 e. The Kier molecular flexibility index (Phi) is 38.0. The smallest absolute Gasteiger partial charge is 0.209 e. The number of hydrogen-bond donors (Lipinski definition) is 0. The van der Waals surface area contributed by atoms with Crippen molar-refractivity contribution in [3.63, 3.8) is 0 Å². The molecule has 2 atom stereocenters. The molecular formula is C61H99N2O16+. The molecule has 0 saturated heterocycles. The van der Waals surface area contributed by atoms with Crippen molar-refractivity contribution in [3.05, 3.63) is 95.7 Å². The van der Waals surface area contributed by atoms with Crippen LogP contribution < -0.4 is 4.90 Å². The number of methoxy groups -OCH3 is 3. The van der Waals surface area contributed by atoms with Crippen LogP contribution in [0.5, 0.6) is 0 Å². The molecule has 0 aromatic heterocycles. The van der Waals surface area contributed by atoms with Crippen molar-refractivity contribution in [2.45, 2.75) is 50.9 Å². The van der Waals surface area contributed by atoms with E-state index in [2.05, 4.69) is 109 Å². The third kappa shape index (κ3) is 26.1. The second-order valence-electron chi connectivity index (χ2n) is 19.1. The van der Waals surface area contributed by atoms with Gasteiger partial charge in [-0.2, -0.15) is 4.58 Å². The van der Waals surface area contributed by atoms with Crippen molar-refractivity contribution < 1.29 is 80.4 Å². The lowest BCUT2D eigenvalue weighted by atomic mass is 9.76. The van der Waals surface area contributed by atoms with Crippen molar-refractivity contribution in [2.24, 2.45) is 0 Å². The van der Waals surface area contributed by atoms with E-state index in [9.17, 15) is 0 Å². The van der Waals surface area contributed by atoms with Crippen molar-refractivity contribution in [1.29, 1.82) is 0 Å². The number of benzene rings is 2. The van der Waals surface area contributed by atoms with Crippen LogP contribution in [-0.4, -0.2) is 236 Å². The molecule has 0 saturated carbocycles. The predicted octanol–water partition coefficient (Wildman–Crippen LogP) is 7.16. The van der Waals surface area contributed by atoms with Crippen LogP contribution in [0.4, 0.5) is 11.4 Å². The molecule has 2 unspecified atom stereocenters. The Morgan fingerprint density at radius 2 is 0.797 bits per heavy atom. The number of rotatable bonds is 53. The van der Waals surface area contributed by atoms with E-state index in [1.165, 1.54) is 33.9 Å². The van der Waals surface area contributed by atoms with E-state index in [1.807, 2.05) is 0 Å². The number of fused-ring (bicyclic) bond motifs is 2. The standard InChI is InChI=1S/C61H99N2O16/c1-7-25-67-36-41-75-52-53-79-45-40-71-29-24-63-57-18-14-12-16-55(57)61(3,22-27-69-38-43-77-50-47-73-34-31-65-5)59(63)20-10-8-9-19-58-60(2,21-26-68-37-42-76-49-46-72-33-30-64-4)54-15-11-13-17-56(54)62(58)23-28-70-39-44-78-51-48-74-35-32-66-6/h8-20H,7,21-53H2,1-6H3/q+1. The first kappa shape index (κ1) is 68.0. The Bertz CT molecular complexity index is 1970. The number of nitrogens with zero attached hydrogens (tertiary/aromatic N) is 2. The number of hydrogen-bond acceptors (Lipinski definition) is 17. The lowest BCUT2D eigenvalue weighted by Crippen LogP contribution is -2.33. The highest BCUT2D eigenvalue weighted by atomic mass is 16.6. The van der Waals surface area contributed by atoms with Crippen LogP contribution in [0, 0.1) is 0 Å².